The van der Waals surface area contributed by atoms with Gasteiger partial charge in [0.25, 0.3) is 0 Å². The molecule has 0 aliphatic rings. The highest BCUT2D eigenvalue weighted by atomic mass is 16.3. The first-order chi connectivity index (χ1) is 5.00. The van der Waals surface area contributed by atoms with Crippen LogP contribution < -0.4 is 0 Å². The van der Waals surface area contributed by atoms with E-state index in [9.17, 15) is 4.79 Å². The normalized spacial score (nSPS) is 16.1. The van der Waals surface area contributed by atoms with Gasteiger partial charge in [-0.2, -0.15) is 0 Å². The van der Waals surface area contributed by atoms with Crippen LogP contribution in [0.5, 0.6) is 0 Å². The second kappa shape index (κ2) is 4.26. The van der Waals surface area contributed by atoms with Gasteiger partial charge in [-0.3, -0.25) is 4.79 Å². The Morgan fingerprint density at radius 1 is 1.36 bits per heavy atom. The van der Waals surface area contributed by atoms with Crippen molar-refractivity contribution in [1.82, 2.24) is 0 Å². The highest BCUT2D eigenvalue weighted by Crippen LogP contribution is 2.13. The summed E-state index contributed by atoms with van der Waals surface area (Å²) in [5.41, 5.74) is 0. The molecule has 0 bridgehead atoms. The topological polar surface area (TPSA) is 57.5 Å². The van der Waals surface area contributed by atoms with Crippen molar-refractivity contribution in [2.75, 3.05) is 0 Å². The molecule has 0 aromatic heterocycles. The number of hydrogen-bond donors (Lipinski definition) is 2. The van der Waals surface area contributed by atoms with Crippen LogP contribution in [0.2, 0.25) is 0 Å². The van der Waals surface area contributed by atoms with Gasteiger partial charge < -0.3 is 10.2 Å². The van der Waals surface area contributed by atoms with Gasteiger partial charge in [-0.05, 0) is 19.9 Å². The SMILES string of the molecule is C=CC(=O)[C](C(C)O)C(C)O. The smallest absolute Gasteiger partial charge is 0.167 e. The molecule has 0 rings (SSSR count). The summed E-state index contributed by atoms with van der Waals surface area (Å²) in [6, 6.07) is 0. The molecule has 3 nitrogen and oxygen atoms in total. The molecule has 63 valence electrons. The molecule has 1 radical (unpaired) electrons. The Morgan fingerprint density at radius 2 is 1.73 bits per heavy atom. The van der Waals surface area contributed by atoms with Crippen LogP contribution in [-0.2, 0) is 4.79 Å². The van der Waals surface area contributed by atoms with Crippen LogP contribution in [0.25, 0.3) is 0 Å². The van der Waals surface area contributed by atoms with E-state index in [0.29, 0.717) is 0 Å². The van der Waals surface area contributed by atoms with Crippen molar-refractivity contribution in [3.8, 4) is 0 Å². The molecule has 0 aromatic rings. The van der Waals surface area contributed by atoms with Gasteiger partial charge in [0.15, 0.2) is 5.78 Å². The average Bonchev–Trinajstić information content (AvgIpc) is 1.85. The molecule has 0 heterocycles. The standard InChI is InChI=1S/C8H13O3/c1-4-7(11)8(5(2)9)6(3)10/h4-6,9-10H,1H2,2-3H3. The van der Waals surface area contributed by atoms with E-state index in [1.54, 1.807) is 0 Å². The molecule has 0 aliphatic heterocycles. The van der Waals surface area contributed by atoms with Crippen LogP contribution >= 0.6 is 0 Å². The van der Waals surface area contributed by atoms with Gasteiger partial charge in [-0.25, -0.2) is 0 Å². The van der Waals surface area contributed by atoms with Crippen LogP contribution in [0.4, 0.5) is 0 Å². The Hall–Kier alpha value is -0.670. The lowest BCUT2D eigenvalue weighted by atomic mass is 9.93. The van der Waals surface area contributed by atoms with E-state index in [0.717, 1.165) is 6.08 Å². The molecule has 3 heteroatoms. The van der Waals surface area contributed by atoms with E-state index in [-0.39, 0.29) is 5.92 Å². The van der Waals surface area contributed by atoms with E-state index in [1.165, 1.54) is 13.8 Å². The summed E-state index contributed by atoms with van der Waals surface area (Å²) in [4.78, 5) is 10.9. The highest BCUT2D eigenvalue weighted by molar-refractivity contribution is 6.01. The minimum atomic E-state index is -0.916. The molecule has 2 atom stereocenters. The molecule has 0 aromatic carbocycles. The summed E-state index contributed by atoms with van der Waals surface area (Å²) in [5, 5.41) is 18.0. The Bertz CT molecular complexity index is 141. The predicted octanol–water partition coefficient (Wildman–Crippen LogP) is 0.0776. The Morgan fingerprint density at radius 3 is 1.82 bits per heavy atom. The van der Waals surface area contributed by atoms with Crippen molar-refractivity contribution in [3.05, 3.63) is 18.6 Å². The van der Waals surface area contributed by atoms with Gasteiger partial charge in [0.05, 0.1) is 12.2 Å². The van der Waals surface area contributed by atoms with Crippen LogP contribution in [-0.4, -0.2) is 28.2 Å². The lowest BCUT2D eigenvalue weighted by Crippen LogP contribution is -2.31. The number of allylic oxidation sites excluding steroid dienone is 1. The van der Waals surface area contributed by atoms with Gasteiger partial charge in [-0.1, -0.05) is 6.58 Å². The maximum absolute atomic E-state index is 10.9. The van der Waals surface area contributed by atoms with E-state index in [1.807, 2.05) is 0 Å². The summed E-state index contributed by atoms with van der Waals surface area (Å²) < 4.78 is 0. The minimum absolute atomic E-state index is 0.0833. The fourth-order valence-electron chi connectivity index (χ4n) is 0.879. The fourth-order valence-corrected chi connectivity index (χ4v) is 0.879. The summed E-state index contributed by atoms with van der Waals surface area (Å²) in [5.74, 6) is -0.324. The third-order valence-corrected chi connectivity index (χ3v) is 1.37. The molecular formula is C8H13O3. The summed E-state index contributed by atoms with van der Waals surface area (Å²) >= 11 is 0. The average molecular weight is 157 g/mol. The zero-order valence-electron chi connectivity index (χ0n) is 6.74. The summed E-state index contributed by atoms with van der Waals surface area (Å²) in [6.07, 6.45) is -0.754. The van der Waals surface area contributed by atoms with E-state index in [4.69, 9.17) is 10.2 Å². The van der Waals surface area contributed by atoms with Crippen molar-refractivity contribution in [1.29, 1.82) is 0 Å². The van der Waals surface area contributed by atoms with E-state index >= 15 is 0 Å². The lowest BCUT2D eigenvalue weighted by Gasteiger charge is -2.18. The molecular weight excluding hydrogens is 144 g/mol. The molecule has 0 saturated heterocycles. The van der Waals surface area contributed by atoms with E-state index < -0.39 is 18.0 Å². The van der Waals surface area contributed by atoms with Crippen molar-refractivity contribution in [3.63, 3.8) is 0 Å². The van der Waals surface area contributed by atoms with Crippen molar-refractivity contribution in [2.45, 2.75) is 26.1 Å². The number of ketones is 1. The Balaban J connectivity index is 4.33. The van der Waals surface area contributed by atoms with Gasteiger partial charge >= 0.3 is 0 Å². The maximum atomic E-state index is 10.9. The second-order valence-electron chi connectivity index (χ2n) is 2.38. The maximum Gasteiger partial charge on any atom is 0.167 e. The zero-order valence-corrected chi connectivity index (χ0v) is 6.74. The number of aliphatic hydroxyl groups excluding tert-OH is 2. The summed E-state index contributed by atoms with van der Waals surface area (Å²) in [7, 11) is 0. The molecule has 0 fully saturated rings. The first-order valence-electron chi connectivity index (χ1n) is 3.40. The molecule has 2 N–H and O–H groups in total. The fraction of sp³-hybridized carbons (Fsp3) is 0.500. The third kappa shape index (κ3) is 2.82. The number of aliphatic hydroxyl groups is 2. The quantitative estimate of drug-likeness (QED) is 0.568. The Labute approximate surface area is 66.4 Å². The molecule has 0 spiro atoms. The minimum Gasteiger partial charge on any atom is -0.392 e. The van der Waals surface area contributed by atoms with Crippen molar-refractivity contribution < 1.29 is 15.0 Å². The van der Waals surface area contributed by atoms with Gasteiger partial charge in [-0.15, -0.1) is 0 Å². The predicted molar refractivity (Wildman–Crippen MR) is 41.8 cm³/mol. The van der Waals surface area contributed by atoms with Crippen molar-refractivity contribution in [2.24, 2.45) is 0 Å². The van der Waals surface area contributed by atoms with Crippen LogP contribution in [0.3, 0.4) is 0 Å². The number of hydrogen-bond acceptors (Lipinski definition) is 3. The molecule has 0 aliphatic carbocycles. The van der Waals surface area contributed by atoms with Crippen molar-refractivity contribution >= 4 is 5.78 Å². The zero-order chi connectivity index (χ0) is 9.02. The first kappa shape index (κ1) is 10.3. The number of carbonyl (C=O) groups is 1. The second-order valence-corrected chi connectivity index (χ2v) is 2.38. The largest absolute Gasteiger partial charge is 0.392 e. The lowest BCUT2D eigenvalue weighted by molar-refractivity contribution is -0.115. The molecule has 0 amide bonds. The monoisotopic (exact) mass is 157 g/mol. The number of carbonyl (C=O) groups excluding carboxylic acids is 1. The summed E-state index contributed by atoms with van der Waals surface area (Å²) in [6.45, 7) is 6.12. The highest BCUT2D eigenvalue weighted by Gasteiger charge is 2.26. The van der Waals surface area contributed by atoms with Gasteiger partial charge in [0.1, 0.15) is 5.92 Å². The van der Waals surface area contributed by atoms with Crippen LogP contribution in [0.15, 0.2) is 12.7 Å². The van der Waals surface area contributed by atoms with Crippen LogP contribution in [0, 0.1) is 5.92 Å². The van der Waals surface area contributed by atoms with E-state index in [2.05, 4.69) is 6.58 Å². The van der Waals surface area contributed by atoms with Gasteiger partial charge in [0, 0.05) is 0 Å². The molecule has 0 saturated carbocycles. The van der Waals surface area contributed by atoms with Crippen LogP contribution in [0.1, 0.15) is 13.8 Å². The third-order valence-electron chi connectivity index (χ3n) is 1.37. The van der Waals surface area contributed by atoms with Gasteiger partial charge in [0.2, 0.25) is 0 Å². The molecule has 2 unspecified atom stereocenters. The number of rotatable bonds is 4. The first-order valence-corrected chi connectivity index (χ1v) is 3.40. The Kier molecular flexibility index (Phi) is 4.00. The molecule has 11 heavy (non-hydrogen) atoms.